The molecule has 0 bridgehead atoms. The smallest absolute Gasteiger partial charge is 0.320 e. The quantitative estimate of drug-likeness (QED) is 0.282. The van der Waals surface area contributed by atoms with E-state index in [-0.39, 0.29) is 6.01 Å². The highest BCUT2D eigenvalue weighted by Gasteiger charge is 2.08. The molecule has 2 N–H and O–H groups in total. The number of aromatic nitrogens is 4. The standard InChI is InChI=1S/C23H21Cl3N6O/c24-18-3-1-2-16(10-18)14-33-23-30-21(12-22(31-23)32-9-8-28-15-32)29-7-6-27-13-17-4-5-19(25)11-20(17)26/h1-5,8-12,15,27H,6-7,13-14H2,(H,29,30,31). The minimum atomic E-state index is 0.254. The Hall–Kier alpha value is -2.84. The Labute approximate surface area is 206 Å². The number of anilines is 1. The van der Waals surface area contributed by atoms with Crippen molar-refractivity contribution in [2.45, 2.75) is 13.2 Å². The molecule has 10 heteroatoms. The summed E-state index contributed by atoms with van der Waals surface area (Å²) in [6.07, 6.45) is 5.17. The van der Waals surface area contributed by atoms with E-state index in [9.17, 15) is 0 Å². The first-order chi connectivity index (χ1) is 16.1. The molecule has 0 fully saturated rings. The lowest BCUT2D eigenvalue weighted by atomic mass is 10.2. The van der Waals surface area contributed by atoms with Gasteiger partial charge in [0.25, 0.3) is 0 Å². The molecule has 0 saturated carbocycles. The van der Waals surface area contributed by atoms with Gasteiger partial charge in [0.15, 0.2) is 0 Å². The number of rotatable bonds is 10. The van der Waals surface area contributed by atoms with Gasteiger partial charge in [-0.05, 0) is 35.4 Å². The van der Waals surface area contributed by atoms with Crippen molar-refractivity contribution in [1.82, 2.24) is 24.8 Å². The third-order valence-electron chi connectivity index (χ3n) is 4.66. The van der Waals surface area contributed by atoms with Crippen molar-refractivity contribution in [2.75, 3.05) is 18.4 Å². The van der Waals surface area contributed by atoms with Gasteiger partial charge in [-0.2, -0.15) is 9.97 Å². The number of benzene rings is 2. The second-order valence-corrected chi connectivity index (χ2v) is 8.40. The highest BCUT2D eigenvalue weighted by Crippen LogP contribution is 2.21. The highest BCUT2D eigenvalue weighted by molar-refractivity contribution is 6.35. The van der Waals surface area contributed by atoms with Gasteiger partial charge in [0.1, 0.15) is 24.6 Å². The maximum atomic E-state index is 6.22. The van der Waals surface area contributed by atoms with Gasteiger partial charge in [-0.25, -0.2) is 4.98 Å². The van der Waals surface area contributed by atoms with Gasteiger partial charge in [-0.3, -0.25) is 4.57 Å². The molecular formula is C23H21Cl3N6O. The number of nitrogens with zero attached hydrogens (tertiary/aromatic N) is 4. The lowest BCUT2D eigenvalue weighted by Crippen LogP contribution is -2.22. The highest BCUT2D eigenvalue weighted by atomic mass is 35.5. The summed E-state index contributed by atoms with van der Waals surface area (Å²) in [7, 11) is 0. The van der Waals surface area contributed by atoms with Gasteiger partial charge in [0.2, 0.25) is 0 Å². The molecule has 2 heterocycles. The molecule has 0 spiro atoms. The third-order valence-corrected chi connectivity index (χ3v) is 5.48. The molecule has 4 rings (SSSR count). The van der Waals surface area contributed by atoms with Crippen molar-refractivity contribution >= 4 is 40.6 Å². The largest absolute Gasteiger partial charge is 0.458 e. The zero-order valence-corrected chi connectivity index (χ0v) is 19.8. The van der Waals surface area contributed by atoms with Gasteiger partial charge >= 0.3 is 6.01 Å². The number of ether oxygens (including phenoxy) is 1. The van der Waals surface area contributed by atoms with Gasteiger partial charge in [0, 0.05) is 53.2 Å². The van der Waals surface area contributed by atoms with Crippen molar-refractivity contribution in [3.8, 4) is 11.8 Å². The Morgan fingerprint density at radius 2 is 1.82 bits per heavy atom. The van der Waals surface area contributed by atoms with Crippen LogP contribution in [0, 0.1) is 0 Å². The van der Waals surface area contributed by atoms with Crippen LogP contribution in [0.1, 0.15) is 11.1 Å². The van der Waals surface area contributed by atoms with E-state index < -0.39 is 0 Å². The van der Waals surface area contributed by atoms with E-state index in [2.05, 4.69) is 25.6 Å². The summed E-state index contributed by atoms with van der Waals surface area (Å²) in [5, 5.41) is 8.57. The van der Waals surface area contributed by atoms with Crippen LogP contribution in [0.5, 0.6) is 6.01 Å². The second-order valence-electron chi connectivity index (χ2n) is 7.12. The lowest BCUT2D eigenvalue weighted by Gasteiger charge is -2.12. The van der Waals surface area contributed by atoms with E-state index in [1.165, 1.54) is 0 Å². The predicted octanol–water partition coefficient (Wildman–Crippen LogP) is 5.40. The number of imidazole rings is 1. The van der Waals surface area contributed by atoms with E-state index in [1.54, 1.807) is 23.2 Å². The molecule has 0 atom stereocenters. The zero-order valence-electron chi connectivity index (χ0n) is 17.5. The Balaban J connectivity index is 1.37. The first-order valence-electron chi connectivity index (χ1n) is 10.2. The molecular weight excluding hydrogens is 483 g/mol. The molecule has 2 aromatic carbocycles. The predicted molar refractivity (Wildman–Crippen MR) is 132 cm³/mol. The van der Waals surface area contributed by atoms with Crippen molar-refractivity contribution in [3.05, 3.63) is 93.4 Å². The third kappa shape index (κ3) is 6.82. The van der Waals surface area contributed by atoms with Crippen LogP contribution in [0.3, 0.4) is 0 Å². The normalized spacial score (nSPS) is 10.9. The monoisotopic (exact) mass is 502 g/mol. The fourth-order valence-corrected chi connectivity index (χ4v) is 3.72. The molecule has 0 aliphatic carbocycles. The number of halogens is 3. The van der Waals surface area contributed by atoms with Crippen LogP contribution in [-0.2, 0) is 13.2 Å². The topological polar surface area (TPSA) is 76.9 Å². The summed E-state index contributed by atoms with van der Waals surface area (Å²) in [5.41, 5.74) is 1.92. The number of hydrogen-bond acceptors (Lipinski definition) is 6. The summed E-state index contributed by atoms with van der Waals surface area (Å²) in [4.78, 5) is 13.1. The minimum Gasteiger partial charge on any atom is -0.458 e. The SMILES string of the molecule is Clc1cccc(COc2nc(NCCNCc3ccc(Cl)cc3Cl)cc(-n3ccnc3)n2)c1. The Bertz CT molecular complexity index is 1200. The Morgan fingerprint density at radius 1 is 0.939 bits per heavy atom. The van der Waals surface area contributed by atoms with Crippen LogP contribution in [0.15, 0.2) is 67.3 Å². The van der Waals surface area contributed by atoms with E-state index in [1.807, 2.05) is 48.7 Å². The van der Waals surface area contributed by atoms with Crippen LogP contribution in [-0.4, -0.2) is 32.6 Å². The van der Waals surface area contributed by atoms with Crippen LogP contribution in [0.2, 0.25) is 15.1 Å². The van der Waals surface area contributed by atoms with E-state index in [0.29, 0.717) is 52.9 Å². The van der Waals surface area contributed by atoms with Crippen LogP contribution in [0.4, 0.5) is 5.82 Å². The fraction of sp³-hybridized carbons (Fsp3) is 0.174. The van der Waals surface area contributed by atoms with Gasteiger partial charge in [-0.15, -0.1) is 0 Å². The summed E-state index contributed by atoms with van der Waals surface area (Å²) in [6, 6.07) is 15.0. The van der Waals surface area contributed by atoms with Crippen molar-refractivity contribution in [1.29, 1.82) is 0 Å². The maximum Gasteiger partial charge on any atom is 0.320 e. The summed E-state index contributed by atoms with van der Waals surface area (Å²) in [5.74, 6) is 1.29. The molecule has 0 radical (unpaired) electrons. The van der Waals surface area contributed by atoms with Gasteiger partial charge in [-0.1, -0.05) is 53.0 Å². The average molecular weight is 504 g/mol. The minimum absolute atomic E-state index is 0.254. The average Bonchev–Trinajstić information content (AvgIpc) is 3.34. The molecule has 7 nitrogen and oxygen atoms in total. The molecule has 0 aliphatic heterocycles. The maximum absolute atomic E-state index is 6.22. The lowest BCUT2D eigenvalue weighted by molar-refractivity contribution is 0.281. The molecule has 170 valence electrons. The summed E-state index contributed by atoms with van der Waals surface area (Å²) in [6.45, 7) is 2.27. The van der Waals surface area contributed by atoms with Crippen molar-refractivity contribution in [3.63, 3.8) is 0 Å². The van der Waals surface area contributed by atoms with E-state index in [4.69, 9.17) is 39.5 Å². The molecule has 0 aliphatic rings. The van der Waals surface area contributed by atoms with E-state index in [0.717, 1.165) is 11.1 Å². The van der Waals surface area contributed by atoms with E-state index >= 15 is 0 Å². The first kappa shape index (κ1) is 23.3. The van der Waals surface area contributed by atoms with Crippen molar-refractivity contribution < 1.29 is 4.74 Å². The van der Waals surface area contributed by atoms with Crippen molar-refractivity contribution in [2.24, 2.45) is 0 Å². The molecule has 4 aromatic rings. The zero-order chi connectivity index (χ0) is 23.0. The van der Waals surface area contributed by atoms with Crippen LogP contribution >= 0.6 is 34.8 Å². The van der Waals surface area contributed by atoms with Crippen LogP contribution < -0.4 is 15.4 Å². The number of hydrogen-bond donors (Lipinski definition) is 2. The summed E-state index contributed by atoms with van der Waals surface area (Å²) < 4.78 is 7.63. The molecule has 0 amide bonds. The van der Waals surface area contributed by atoms with Crippen LogP contribution in [0.25, 0.3) is 5.82 Å². The van der Waals surface area contributed by atoms with Gasteiger partial charge in [0.05, 0.1) is 0 Å². The first-order valence-corrected chi connectivity index (χ1v) is 11.3. The summed E-state index contributed by atoms with van der Waals surface area (Å²) >= 11 is 18.2. The number of nitrogens with one attached hydrogen (secondary N) is 2. The molecule has 0 unspecified atom stereocenters. The Kier molecular flexibility index (Phi) is 8.01. The molecule has 33 heavy (non-hydrogen) atoms. The fourth-order valence-electron chi connectivity index (χ4n) is 3.04. The van der Waals surface area contributed by atoms with Gasteiger partial charge < -0.3 is 15.4 Å². The molecule has 0 saturated heterocycles. The molecule has 2 aromatic heterocycles. The Morgan fingerprint density at radius 3 is 2.61 bits per heavy atom. The second kappa shape index (κ2) is 11.3.